The predicted octanol–water partition coefficient (Wildman–Crippen LogP) is 9.76. The summed E-state index contributed by atoms with van der Waals surface area (Å²) in [4.78, 5) is 0. The molecule has 39 heavy (non-hydrogen) atoms. The van der Waals surface area contributed by atoms with E-state index in [4.69, 9.17) is 0 Å². The maximum Gasteiger partial charge on any atom is 0.115 e. The number of hydrogen-bond donors (Lipinski definition) is 2. The van der Waals surface area contributed by atoms with Crippen molar-refractivity contribution < 1.29 is 10.2 Å². The van der Waals surface area contributed by atoms with Crippen LogP contribution in [0.1, 0.15) is 61.8 Å². The Morgan fingerprint density at radius 2 is 1.05 bits per heavy atom. The highest BCUT2D eigenvalue weighted by Gasteiger charge is 2.15. The van der Waals surface area contributed by atoms with E-state index in [0.717, 1.165) is 28.8 Å². The Balaban J connectivity index is 1.56. The summed E-state index contributed by atoms with van der Waals surface area (Å²) in [6.07, 6.45) is 13.4. The lowest BCUT2D eigenvalue weighted by atomic mass is 9.99. The van der Waals surface area contributed by atoms with Crippen LogP contribution in [0.2, 0.25) is 0 Å². The topological polar surface area (TPSA) is 45.4 Å². The maximum atomic E-state index is 9.59. The van der Waals surface area contributed by atoms with Crippen LogP contribution in [0.3, 0.4) is 0 Å². The molecule has 5 rings (SSSR count). The van der Waals surface area contributed by atoms with Crippen molar-refractivity contribution in [2.75, 3.05) is 0 Å². The number of rotatable bonds is 10. The number of unbranched alkanes of at least 4 members (excludes halogenated alkanes) is 1. The number of aromatic hydroxyl groups is 2. The first-order valence-electron chi connectivity index (χ1n) is 14.0. The molecule has 0 fully saturated rings. The fourth-order valence-electron chi connectivity index (χ4n) is 5.27. The van der Waals surface area contributed by atoms with Crippen LogP contribution in [0.4, 0.5) is 0 Å². The Morgan fingerprint density at radius 3 is 1.49 bits per heavy atom. The molecule has 0 spiro atoms. The van der Waals surface area contributed by atoms with E-state index < -0.39 is 0 Å². The van der Waals surface area contributed by atoms with Gasteiger partial charge in [0.2, 0.25) is 0 Å². The Bertz CT molecular complexity index is 1490. The third kappa shape index (κ3) is 6.26. The molecule has 0 amide bonds. The first-order chi connectivity index (χ1) is 19.0. The van der Waals surface area contributed by atoms with Gasteiger partial charge in [-0.05, 0) is 83.1 Å². The van der Waals surface area contributed by atoms with Crippen LogP contribution < -0.4 is 0 Å². The molecule has 0 aliphatic rings. The van der Waals surface area contributed by atoms with Gasteiger partial charge in [0, 0.05) is 28.4 Å². The number of hydrogen-bond acceptors (Lipinski definition) is 2. The van der Waals surface area contributed by atoms with Crippen molar-refractivity contribution in [3.05, 3.63) is 107 Å². The van der Waals surface area contributed by atoms with Crippen LogP contribution in [-0.2, 0) is 6.54 Å². The van der Waals surface area contributed by atoms with Crippen LogP contribution in [0, 0.1) is 5.92 Å². The van der Waals surface area contributed by atoms with Crippen molar-refractivity contribution in [2.24, 2.45) is 5.92 Å². The molecular formula is C36H37NO2. The summed E-state index contributed by atoms with van der Waals surface area (Å²) in [6.45, 7) is 5.61. The fraction of sp³-hybridized carbons (Fsp3) is 0.222. The summed E-state index contributed by atoms with van der Waals surface area (Å²) in [5.41, 5.74) is 6.97. The first kappa shape index (κ1) is 26.4. The van der Waals surface area contributed by atoms with Crippen LogP contribution in [0.5, 0.6) is 11.5 Å². The third-order valence-corrected chi connectivity index (χ3v) is 7.62. The van der Waals surface area contributed by atoms with E-state index in [0.29, 0.717) is 5.92 Å². The zero-order chi connectivity index (χ0) is 27.2. The van der Waals surface area contributed by atoms with Gasteiger partial charge in [0.1, 0.15) is 11.5 Å². The standard InChI is InChI=1S/C36H37NO2/c1-3-5-6-26(4-2)25-37-35-21-15-29(9-7-27-11-17-31(38)18-12-27)23-33(35)34-24-30(16-22-36(34)37)10-8-28-13-19-32(39)20-14-28/h7-24,26,38-39H,3-6,25H2,1-2H3/b9-7+,10-8+. The number of benzene rings is 4. The fourth-order valence-corrected chi connectivity index (χ4v) is 5.27. The molecule has 1 aromatic heterocycles. The van der Waals surface area contributed by atoms with Crippen molar-refractivity contribution in [2.45, 2.75) is 46.1 Å². The summed E-state index contributed by atoms with van der Waals surface area (Å²) in [5.74, 6) is 1.22. The Labute approximate surface area is 231 Å². The van der Waals surface area contributed by atoms with Gasteiger partial charge in [-0.25, -0.2) is 0 Å². The lowest BCUT2D eigenvalue weighted by molar-refractivity contribution is 0.401. The van der Waals surface area contributed by atoms with E-state index in [9.17, 15) is 10.2 Å². The quantitative estimate of drug-likeness (QED) is 0.182. The lowest BCUT2D eigenvalue weighted by Gasteiger charge is -2.17. The Hall–Kier alpha value is -4.24. The number of phenolic OH excluding ortho intramolecular Hbond substituents is 2. The molecule has 2 N–H and O–H groups in total. The molecule has 1 heterocycles. The van der Waals surface area contributed by atoms with Gasteiger partial charge in [0.05, 0.1) is 0 Å². The number of phenols is 2. The lowest BCUT2D eigenvalue weighted by Crippen LogP contribution is -2.10. The van der Waals surface area contributed by atoms with Crippen molar-refractivity contribution in [3.8, 4) is 11.5 Å². The second-order valence-corrected chi connectivity index (χ2v) is 10.4. The molecule has 0 saturated carbocycles. The van der Waals surface area contributed by atoms with E-state index in [1.165, 1.54) is 47.5 Å². The summed E-state index contributed by atoms with van der Waals surface area (Å²) in [5, 5.41) is 21.7. The molecule has 0 radical (unpaired) electrons. The predicted molar refractivity (Wildman–Crippen MR) is 167 cm³/mol. The highest BCUT2D eigenvalue weighted by atomic mass is 16.3. The van der Waals surface area contributed by atoms with E-state index in [1.807, 2.05) is 24.3 Å². The van der Waals surface area contributed by atoms with E-state index in [-0.39, 0.29) is 11.5 Å². The third-order valence-electron chi connectivity index (χ3n) is 7.62. The average molecular weight is 516 g/mol. The largest absolute Gasteiger partial charge is 0.508 e. The molecule has 0 saturated heterocycles. The van der Waals surface area contributed by atoms with Crippen molar-refractivity contribution in [3.63, 3.8) is 0 Å². The minimum absolute atomic E-state index is 0.279. The number of aromatic nitrogens is 1. The van der Waals surface area contributed by atoms with Crippen molar-refractivity contribution in [1.29, 1.82) is 0 Å². The molecule has 3 nitrogen and oxygen atoms in total. The van der Waals surface area contributed by atoms with Gasteiger partial charge >= 0.3 is 0 Å². The van der Waals surface area contributed by atoms with E-state index in [1.54, 1.807) is 24.3 Å². The van der Waals surface area contributed by atoms with E-state index in [2.05, 4.69) is 79.1 Å². The average Bonchev–Trinajstić information content (AvgIpc) is 3.26. The van der Waals surface area contributed by atoms with Gasteiger partial charge in [0.25, 0.3) is 0 Å². The van der Waals surface area contributed by atoms with Crippen LogP contribution in [-0.4, -0.2) is 14.8 Å². The highest BCUT2D eigenvalue weighted by Crippen LogP contribution is 2.33. The van der Waals surface area contributed by atoms with Crippen LogP contribution in [0.15, 0.2) is 84.9 Å². The maximum absolute atomic E-state index is 9.59. The molecule has 0 aliphatic carbocycles. The van der Waals surface area contributed by atoms with Crippen LogP contribution >= 0.6 is 0 Å². The van der Waals surface area contributed by atoms with Gasteiger partial charge in [-0.1, -0.05) is 93.8 Å². The Morgan fingerprint density at radius 1 is 0.615 bits per heavy atom. The van der Waals surface area contributed by atoms with Crippen molar-refractivity contribution in [1.82, 2.24) is 4.57 Å². The summed E-state index contributed by atoms with van der Waals surface area (Å²) < 4.78 is 2.52. The van der Waals surface area contributed by atoms with Gasteiger partial charge < -0.3 is 14.8 Å². The first-order valence-corrected chi connectivity index (χ1v) is 14.0. The smallest absolute Gasteiger partial charge is 0.115 e. The Kier molecular flexibility index (Phi) is 8.17. The second-order valence-electron chi connectivity index (χ2n) is 10.4. The monoisotopic (exact) mass is 515 g/mol. The zero-order valence-electron chi connectivity index (χ0n) is 22.8. The zero-order valence-corrected chi connectivity index (χ0v) is 22.8. The number of fused-ring (bicyclic) bond motifs is 3. The molecule has 1 atom stereocenters. The molecule has 3 heteroatoms. The minimum Gasteiger partial charge on any atom is -0.508 e. The molecule has 1 unspecified atom stereocenters. The van der Waals surface area contributed by atoms with E-state index >= 15 is 0 Å². The van der Waals surface area contributed by atoms with Gasteiger partial charge in [0.15, 0.2) is 0 Å². The number of nitrogens with zero attached hydrogens (tertiary/aromatic N) is 1. The van der Waals surface area contributed by atoms with Crippen LogP contribution in [0.25, 0.3) is 46.1 Å². The molecule has 0 bridgehead atoms. The molecule has 0 aliphatic heterocycles. The normalized spacial score (nSPS) is 12.8. The molecule has 4 aromatic carbocycles. The summed E-state index contributed by atoms with van der Waals surface area (Å²) >= 11 is 0. The van der Waals surface area contributed by atoms with Gasteiger partial charge in [-0.15, -0.1) is 0 Å². The highest BCUT2D eigenvalue weighted by molar-refractivity contribution is 6.09. The second kappa shape index (κ2) is 12.1. The summed E-state index contributed by atoms with van der Waals surface area (Å²) in [7, 11) is 0. The van der Waals surface area contributed by atoms with Crippen molar-refractivity contribution >= 4 is 46.1 Å². The summed E-state index contributed by atoms with van der Waals surface area (Å²) in [6, 6.07) is 28.1. The molecule has 198 valence electrons. The molecular weight excluding hydrogens is 478 g/mol. The molecule has 5 aromatic rings. The minimum atomic E-state index is 0.279. The van der Waals surface area contributed by atoms with Gasteiger partial charge in [-0.2, -0.15) is 0 Å². The SMILES string of the molecule is CCCCC(CC)Cn1c2ccc(/C=C/c3ccc(O)cc3)cc2c2cc(/C=C/c3ccc(O)cc3)ccc21. The van der Waals surface area contributed by atoms with Gasteiger partial charge in [-0.3, -0.25) is 0 Å².